The quantitative estimate of drug-likeness (QED) is 0.598. The Bertz CT molecular complexity index is 954. The normalized spacial score (nSPS) is 13.6. The van der Waals surface area contributed by atoms with Gasteiger partial charge in [-0.1, -0.05) is 57.0 Å². The lowest BCUT2D eigenvalue weighted by molar-refractivity contribution is 0.0724. The van der Waals surface area contributed by atoms with Crippen LogP contribution in [0.1, 0.15) is 28.9 Å². The van der Waals surface area contributed by atoms with Crippen LogP contribution in [0.2, 0.25) is 5.02 Å². The fraction of sp³-hybridized carbons (Fsp3) is 0.211. The van der Waals surface area contributed by atoms with Gasteiger partial charge in [-0.25, -0.2) is 4.68 Å². The Kier molecular flexibility index (Phi) is 4.78. The highest BCUT2D eigenvalue weighted by atomic mass is 79.9. The minimum Gasteiger partial charge on any atom is -0.330 e. The molecule has 1 saturated carbocycles. The number of para-hydroxylation sites is 1. The molecule has 2 aromatic carbocycles. The van der Waals surface area contributed by atoms with Crippen molar-refractivity contribution < 1.29 is 4.79 Å². The van der Waals surface area contributed by atoms with Crippen LogP contribution in [0.3, 0.4) is 0 Å². The van der Waals surface area contributed by atoms with Crippen LogP contribution in [0.4, 0.5) is 0 Å². The zero-order valence-electron chi connectivity index (χ0n) is 13.8. The molecule has 7 heteroatoms. The topological polar surface area (TPSA) is 51.0 Å². The van der Waals surface area contributed by atoms with Crippen LogP contribution in [-0.4, -0.2) is 31.8 Å². The summed E-state index contributed by atoms with van der Waals surface area (Å²) in [5.74, 6) is -0.106. The molecule has 0 N–H and O–H groups in total. The number of hydrogen-bond acceptors (Lipinski definition) is 3. The average Bonchev–Trinajstić information content (AvgIpc) is 3.36. The van der Waals surface area contributed by atoms with E-state index in [9.17, 15) is 4.79 Å². The van der Waals surface area contributed by atoms with Crippen LogP contribution in [-0.2, 0) is 6.54 Å². The zero-order chi connectivity index (χ0) is 18.1. The number of halogens is 2. The van der Waals surface area contributed by atoms with E-state index in [1.807, 2.05) is 47.4 Å². The van der Waals surface area contributed by atoms with Gasteiger partial charge in [0.15, 0.2) is 5.69 Å². The van der Waals surface area contributed by atoms with Gasteiger partial charge in [0.1, 0.15) is 0 Å². The van der Waals surface area contributed by atoms with E-state index in [0.29, 0.717) is 22.9 Å². The van der Waals surface area contributed by atoms with Crippen molar-refractivity contribution >= 4 is 33.4 Å². The summed E-state index contributed by atoms with van der Waals surface area (Å²) >= 11 is 9.69. The van der Waals surface area contributed by atoms with Crippen LogP contribution in [0.5, 0.6) is 0 Å². The monoisotopic (exact) mass is 430 g/mol. The number of carbonyl (C=O) groups excluding carboxylic acids is 1. The van der Waals surface area contributed by atoms with Crippen molar-refractivity contribution in [3.63, 3.8) is 0 Å². The Balaban J connectivity index is 1.58. The number of amides is 1. The second-order valence-electron chi connectivity index (χ2n) is 6.29. The fourth-order valence-electron chi connectivity index (χ4n) is 2.85. The predicted octanol–water partition coefficient (Wildman–Crippen LogP) is 4.49. The van der Waals surface area contributed by atoms with Crippen LogP contribution in [0.15, 0.2) is 59.2 Å². The number of hydrogen-bond donors (Lipinski definition) is 0. The van der Waals surface area contributed by atoms with Crippen LogP contribution < -0.4 is 0 Å². The van der Waals surface area contributed by atoms with E-state index < -0.39 is 0 Å². The lowest BCUT2D eigenvalue weighted by Gasteiger charge is -2.21. The summed E-state index contributed by atoms with van der Waals surface area (Å²) in [5, 5.41) is 8.72. The molecule has 0 bridgehead atoms. The van der Waals surface area contributed by atoms with Crippen molar-refractivity contribution in [2.75, 3.05) is 0 Å². The summed E-state index contributed by atoms with van der Waals surface area (Å²) in [4.78, 5) is 14.9. The molecule has 26 heavy (non-hydrogen) atoms. The van der Waals surface area contributed by atoms with Gasteiger partial charge in [0.25, 0.3) is 5.91 Å². The lowest BCUT2D eigenvalue weighted by Crippen LogP contribution is -2.32. The van der Waals surface area contributed by atoms with Gasteiger partial charge in [-0.3, -0.25) is 4.79 Å². The van der Waals surface area contributed by atoms with Gasteiger partial charge in [-0.2, -0.15) is 0 Å². The minimum absolute atomic E-state index is 0.106. The Hall–Kier alpha value is -2.18. The summed E-state index contributed by atoms with van der Waals surface area (Å²) in [6.45, 7) is 0.557. The molecule has 0 spiro atoms. The van der Waals surface area contributed by atoms with Gasteiger partial charge in [0.2, 0.25) is 0 Å². The third-order valence-electron chi connectivity index (χ3n) is 4.30. The Morgan fingerprint density at radius 3 is 2.77 bits per heavy atom. The second kappa shape index (κ2) is 7.21. The first-order valence-corrected chi connectivity index (χ1v) is 9.51. The Morgan fingerprint density at radius 1 is 1.23 bits per heavy atom. The molecule has 0 aliphatic heterocycles. The highest BCUT2D eigenvalue weighted by molar-refractivity contribution is 9.10. The average molecular weight is 432 g/mol. The van der Waals surface area contributed by atoms with E-state index in [0.717, 1.165) is 22.9 Å². The molecule has 1 aromatic heterocycles. The Morgan fingerprint density at radius 2 is 2.04 bits per heavy atom. The molecule has 1 fully saturated rings. The molecule has 3 aromatic rings. The number of benzene rings is 2. The smallest absolute Gasteiger partial charge is 0.276 e. The van der Waals surface area contributed by atoms with Crippen LogP contribution in [0, 0.1) is 0 Å². The maximum Gasteiger partial charge on any atom is 0.276 e. The Labute approximate surface area is 164 Å². The van der Waals surface area contributed by atoms with Gasteiger partial charge >= 0.3 is 0 Å². The first kappa shape index (κ1) is 17.2. The third kappa shape index (κ3) is 3.66. The van der Waals surface area contributed by atoms with Crippen molar-refractivity contribution in [3.8, 4) is 5.69 Å². The molecule has 0 radical (unpaired) electrons. The maximum absolute atomic E-state index is 13.0. The summed E-state index contributed by atoms with van der Waals surface area (Å²) in [6.07, 6.45) is 3.69. The number of rotatable bonds is 5. The van der Waals surface area contributed by atoms with Crippen molar-refractivity contribution in [2.24, 2.45) is 0 Å². The number of nitrogens with zero attached hydrogens (tertiary/aromatic N) is 4. The largest absolute Gasteiger partial charge is 0.330 e. The first-order chi connectivity index (χ1) is 12.6. The van der Waals surface area contributed by atoms with Gasteiger partial charge in [0, 0.05) is 17.1 Å². The number of carbonyl (C=O) groups is 1. The van der Waals surface area contributed by atoms with Crippen molar-refractivity contribution in [3.05, 3.63) is 75.5 Å². The highest BCUT2D eigenvalue weighted by Crippen LogP contribution is 2.30. The summed E-state index contributed by atoms with van der Waals surface area (Å²) in [7, 11) is 0. The van der Waals surface area contributed by atoms with Gasteiger partial charge in [0.05, 0.1) is 16.9 Å². The molecule has 1 amide bonds. The van der Waals surface area contributed by atoms with E-state index in [-0.39, 0.29) is 11.9 Å². The molecule has 5 nitrogen and oxygen atoms in total. The van der Waals surface area contributed by atoms with Crippen molar-refractivity contribution in [1.82, 2.24) is 19.9 Å². The van der Waals surface area contributed by atoms with Crippen molar-refractivity contribution in [2.45, 2.75) is 25.4 Å². The van der Waals surface area contributed by atoms with E-state index in [2.05, 4.69) is 26.2 Å². The van der Waals surface area contributed by atoms with Gasteiger partial charge in [-0.15, -0.1) is 5.10 Å². The molecule has 0 atom stereocenters. The van der Waals surface area contributed by atoms with E-state index in [1.54, 1.807) is 16.9 Å². The molecule has 1 aliphatic carbocycles. The summed E-state index contributed by atoms with van der Waals surface area (Å²) in [6, 6.07) is 15.6. The summed E-state index contributed by atoms with van der Waals surface area (Å²) in [5.41, 5.74) is 2.11. The molecule has 4 rings (SSSR count). The lowest BCUT2D eigenvalue weighted by atomic mass is 10.2. The molecule has 1 aliphatic rings. The summed E-state index contributed by atoms with van der Waals surface area (Å²) < 4.78 is 2.54. The standard InChI is InChI=1S/C19H16BrClN4O/c20-14-5-3-4-13(10-14)11-24(15-8-9-15)19(26)17-12-25(23-22-17)18-7-2-1-6-16(18)21/h1-7,10,12,15H,8-9,11H2. The third-order valence-corrected chi connectivity index (χ3v) is 5.12. The molecule has 0 unspecified atom stereocenters. The molecule has 132 valence electrons. The maximum atomic E-state index is 13.0. The van der Waals surface area contributed by atoms with Crippen LogP contribution >= 0.6 is 27.5 Å². The molecular formula is C19H16BrClN4O. The first-order valence-electron chi connectivity index (χ1n) is 8.34. The molecular weight excluding hydrogens is 416 g/mol. The molecule has 0 saturated heterocycles. The zero-order valence-corrected chi connectivity index (χ0v) is 16.2. The van der Waals surface area contributed by atoms with Crippen LogP contribution in [0.25, 0.3) is 5.69 Å². The second-order valence-corrected chi connectivity index (χ2v) is 7.62. The van der Waals surface area contributed by atoms with Gasteiger partial charge in [-0.05, 0) is 42.7 Å². The van der Waals surface area contributed by atoms with E-state index >= 15 is 0 Å². The fourth-order valence-corrected chi connectivity index (χ4v) is 3.52. The van der Waals surface area contributed by atoms with E-state index in [4.69, 9.17) is 11.6 Å². The number of aromatic nitrogens is 3. The molecule has 1 heterocycles. The van der Waals surface area contributed by atoms with Gasteiger partial charge < -0.3 is 4.90 Å². The van der Waals surface area contributed by atoms with Crippen molar-refractivity contribution in [1.29, 1.82) is 0 Å². The minimum atomic E-state index is -0.106. The SMILES string of the molecule is O=C(c1cn(-c2ccccc2Cl)nn1)N(Cc1cccc(Br)c1)C1CC1. The highest BCUT2D eigenvalue weighted by Gasteiger charge is 2.34. The predicted molar refractivity (Wildman–Crippen MR) is 103 cm³/mol. The van der Waals surface area contributed by atoms with E-state index in [1.165, 1.54) is 0 Å².